The lowest BCUT2D eigenvalue weighted by atomic mass is 10.1. The molecule has 1 heterocycles. The van der Waals surface area contributed by atoms with Gasteiger partial charge in [0.05, 0.1) is 11.3 Å². The van der Waals surface area contributed by atoms with Crippen LogP contribution in [0.25, 0.3) is 0 Å². The standard InChI is InChI=1S/C16H19NO2S/c1-11-6-7-14(16(18)19)15(9-11)17(3)12(2)10-13-5-4-8-20-13/h4-9,12H,10H2,1-3H3,(H,18,19). The van der Waals surface area contributed by atoms with E-state index in [0.717, 1.165) is 17.7 Å². The number of rotatable bonds is 5. The van der Waals surface area contributed by atoms with Gasteiger partial charge in [-0.15, -0.1) is 11.3 Å². The van der Waals surface area contributed by atoms with Crippen LogP contribution in [0, 0.1) is 6.92 Å². The average molecular weight is 289 g/mol. The Morgan fingerprint density at radius 1 is 1.40 bits per heavy atom. The van der Waals surface area contributed by atoms with E-state index in [0.29, 0.717) is 5.56 Å². The molecule has 1 unspecified atom stereocenters. The molecule has 2 aromatic rings. The second-order valence-electron chi connectivity index (χ2n) is 5.07. The second kappa shape index (κ2) is 6.09. The number of hydrogen-bond donors (Lipinski definition) is 1. The quantitative estimate of drug-likeness (QED) is 0.909. The summed E-state index contributed by atoms with van der Waals surface area (Å²) >= 11 is 1.73. The Morgan fingerprint density at radius 2 is 2.15 bits per heavy atom. The van der Waals surface area contributed by atoms with Crippen LogP contribution in [-0.4, -0.2) is 24.2 Å². The van der Waals surface area contributed by atoms with Crippen molar-refractivity contribution in [2.24, 2.45) is 0 Å². The first-order valence-electron chi connectivity index (χ1n) is 6.58. The maximum atomic E-state index is 11.4. The first-order valence-corrected chi connectivity index (χ1v) is 7.46. The van der Waals surface area contributed by atoms with Gasteiger partial charge in [-0.2, -0.15) is 0 Å². The molecular formula is C16H19NO2S. The molecule has 20 heavy (non-hydrogen) atoms. The monoisotopic (exact) mass is 289 g/mol. The van der Waals surface area contributed by atoms with Crippen molar-refractivity contribution >= 4 is 23.0 Å². The molecule has 3 nitrogen and oxygen atoms in total. The van der Waals surface area contributed by atoms with Gasteiger partial charge in [-0.05, 0) is 43.0 Å². The number of hydrogen-bond acceptors (Lipinski definition) is 3. The van der Waals surface area contributed by atoms with Gasteiger partial charge in [-0.1, -0.05) is 12.1 Å². The minimum atomic E-state index is -0.879. The van der Waals surface area contributed by atoms with Crippen molar-refractivity contribution in [1.82, 2.24) is 0 Å². The zero-order valence-corrected chi connectivity index (χ0v) is 12.8. The van der Waals surface area contributed by atoms with Gasteiger partial charge >= 0.3 is 5.97 Å². The van der Waals surface area contributed by atoms with Gasteiger partial charge in [-0.3, -0.25) is 0 Å². The number of aromatic carboxylic acids is 1. The summed E-state index contributed by atoms with van der Waals surface area (Å²) in [6.45, 7) is 4.10. The zero-order chi connectivity index (χ0) is 14.7. The van der Waals surface area contributed by atoms with E-state index in [-0.39, 0.29) is 6.04 Å². The van der Waals surface area contributed by atoms with Gasteiger partial charge in [0.2, 0.25) is 0 Å². The summed E-state index contributed by atoms with van der Waals surface area (Å²) < 4.78 is 0. The van der Waals surface area contributed by atoms with Crippen LogP contribution in [0.2, 0.25) is 0 Å². The number of thiophene rings is 1. The van der Waals surface area contributed by atoms with E-state index < -0.39 is 5.97 Å². The molecule has 1 aromatic carbocycles. The molecule has 106 valence electrons. The Balaban J connectivity index is 2.25. The highest BCUT2D eigenvalue weighted by atomic mass is 32.1. The third-order valence-corrected chi connectivity index (χ3v) is 4.40. The van der Waals surface area contributed by atoms with Crippen LogP contribution in [0.1, 0.15) is 27.7 Å². The molecule has 0 saturated carbocycles. The van der Waals surface area contributed by atoms with Crippen molar-refractivity contribution in [3.63, 3.8) is 0 Å². The van der Waals surface area contributed by atoms with E-state index in [2.05, 4.69) is 23.3 Å². The molecule has 0 spiro atoms. The summed E-state index contributed by atoms with van der Waals surface area (Å²) in [5, 5.41) is 11.4. The smallest absolute Gasteiger partial charge is 0.337 e. The topological polar surface area (TPSA) is 40.5 Å². The fourth-order valence-electron chi connectivity index (χ4n) is 2.21. The van der Waals surface area contributed by atoms with E-state index in [1.54, 1.807) is 17.4 Å². The number of carboxylic acids is 1. The van der Waals surface area contributed by atoms with Crippen molar-refractivity contribution in [2.75, 3.05) is 11.9 Å². The highest BCUT2D eigenvalue weighted by Gasteiger charge is 2.18. The highest BCUT2D eigenvalue weighted by molar-refractivity contribution is 7.09. The fraction of sp³-hybridized carbons (Fsp3) is 0.312. The van der Waals surface area contributed by atoms with Crippen LogP contribution in [0.3, 0.4) is 0 Å². The molecule has 0 fully saturated rings. The molecule has 4 heteroatoms. The normalized spacial score (nSPS) is 12.2. The molecule has 0 aliphatic heterocycles. The van der Waals surface area contributed by atoms with E-state index in [4.69, 9.17) is 0 Å². The molecule has 0 saturated heterocycles. The Hall–Kier alpha value is -1.81. The lowest BCUT2D eigenvalue weighted by molar-refractivity contribution is 0.0697. The predicted molar refractivity (Wildman–Crippen MR) is 84.0 cm³/mol. The number of likely N-dealkylation sites (N-methyl/N-ethyl adjacent to an activating group) is 1. The average Bonchev–Trinajstić information content (AvgIpc) is 2.90. The molecule has 1 aromatic heterocycles. The molecule has 0 bridgehead atoms. The van der Waals surface area contributed by atoms with E-state index in [1.165, 1.54) is 4.88 Å². The van der Waals surface area contributed by atoms with Crippen LogP contribution < -0.4 is 4.90 Å². The van der Waals surface area contributed by atoms with Crippen molar-refractivity contribution in [3.05, 3.63) is 51.7 Å². The maximum Gasteiger partial charge on any atom is 0.337 e. The Morgan fingerprint density at radius 3 is 2.75 bits per heavy atom. The molecular weight excluding hydrogens is 270 g/mol. The van der Waals surface area contributed by atoms with Crippen LogP contribution in [0.15, 0.2) is 35.7 Å². The second-order valence-corrected chi connectivity index (χ2v) is 6.10. The number of carboxylic acid groups (broad SMARTS) is 1. The summed E-state index contributed by atoms with van der Waals surface area (Å²) in [6, 6.07) is 9.86. The molecule has 1 atom stereocenters. The molecule has 2 rings (SSSR count). The van der Waals surface area contributed by atoms with Gasteiger partial charge in [0.1, 0.15) is 0 Å². The van der Waals surface area contributed by atoms with Crippen molar-refractivity contribution in [3.8, 4) is 0 Å². The summed E-state index contributed by atoms with van der Waals surface area (Å²) in [5.41, 5.74) is 2.21. The van der Waals surface area contributed by atoms with Crippen LogP contribution in [-0.2, 0) is 6.42 Å². The minimum absolute atomic E-state index is 0.244. The summed E-state index contributed by atoms with van der Waals surface area (Å²) in [6.07, 6.45) is 0.918. The largest absolute Gasteiger partial charge is 0.478 e. The van der Waals surface area contributed by atoms with Crippen LogP contribution >= 0.6 is 11.3 Å². The maximum absolute atomic E-state index is 11.4. The number of anilines is 1. The first-order chi connectivity index (χ1) is 9.49. The van der Waals surface area contributed by atoms with Crippen molar-refractivity contribution in [1.29, 1.82) is 0 Å². The predicted octanol–water partition coefficient (Wildman–Crippen LogP) is 3.82. The van der Waals surface area contributed by atoms with Gasteiger partial charge in [0.15, 0.2) is 0 Å². The summed E-state index contributed by atoms with van der Waals surface area (Å²) in [5.74, 6) is -0.879. The van der Waals surface area contributed by atoms with Crippen molar-refractivity contribution in [2.45, 2.75) is 26.3 Å². The summed E-state index contributed by atoms with van der Waals surface area (Å²) in [7, 11) is 1.96. The van der Waals surface area contributed by atoms with E-state index >= 15 is 0 Å². The minimum Gasteiger partial charge on any atom is -0.478 e. The third kappa shape index (κ3) is 3.20. The van der Waals surface area contributed by atoms with Gasteiger partial charge in [-0.25, -0.2) is 4.79 Å². The van der Waals surface area contributed by atoms with Gasteiger partial charge in [0.25, 0.3) is 0 Å². The number of nitrogens with zero attached hydrogens (tertiary/aromatic N) is 1. The molecule has 1 N–H and O–H groups in total. The summed E-state index contributed by atoms with van der Waals surface area (Å²) in [4.78, 5) is 14.7. The molecule has 0 radical (unpaired) electrons. The van der Waals surface area contributed by atoms with E-state index in [9.17, 15) is 9.90 Å². The highest BCUT2D eigenvalue weighted by Crippen LogP contribution is 2.25. The van der Waals surface area contributed by atoms with Gasteiger partial charge in [0, 0.05) is 24.4 Å². The molecule has 0 amide bonds. The molecule has 0 aliphatic carbocycles. The van der Waals surface area contributed by atoms with E-state index in [1.807, 2.05) is 32.2 Å². The van der Waals surface area contributed by atoms with Gasteiger partial charge < -0.3 is 10.0 Å². The molecule has 0 aliphatic rings. The SMILES string of the molecule is Cc1ccc(C(=O)O)c(N(C)C(C)Cc2cccs2)c1. The van der Waals surface area contributed by atoms with Crippen molar-refractivity contribution < 1.29 is 9.90 Å². The number of benzene rings is 1. The number of carbonyl (C=O) groups is 1. The Bertz CT molecular complexity index is 593. The fourth-order valence-corrected chi connectivity index (χ4v) is 3.04. The Labute approximate surface area is 123 Å². The first kappa shape index (κ1) is 14.6. The van der Waals surface area contributed by atoms with Crippen LogP contribution in [0.4, 0.5) is 5.69 Å². The number of aryl methyl sites for hydroxylation is 1. The lowest BCUT2D eigenvalue weighted by Crippen LogP contribution is -2.31. The lowest BCUT2D eigenvalue weighted by Gasteiger charge is -2.28. The third-order valence-electron chi connectivity index (χ3n) is 3.50. The zero-order valence-electron chi connectivity index (χ0n) is 12.0. The van der Waals surface area contributed by atoms with Crippen LogP contribution in [0.5, 0.6) is 0 Å². The Kier molecular flexibility index (Phi) is 4.45.